The van der Waals surface area contributed by atoms with E-state index in [-0.39, 0.29) is 11.7 Å². The Bertz CT molecular complexity index is 518. The van der Waals surface area contributed by atoms with Crippen LogP contribution in [0.25, 0.3) is 0 Å². The Kier molecular flexibility index (Phi) is 5.22. The summed E-state index contributed by atoms with van der Waals surface area (Å²) in [4.78, 5) is 19.1. The van der Waals surface area contributed by atoms with Gasteiger partial charge in [0, 0.05) is 18.3 Å². The lowest BCUT2D eigenvalue weighted by Gasteiger charge is -2.28. The topological polar surface area (TPSA) is 93.0 Å². The van der Waals surface area contributed by atoms with Gasteiger partial charge in [-0.05, 0) is 38.9 Å². The molecule has 0 amide bonds. The van der Waals surface area contributed by atoms with E-state index in [1.54, 1.807) is 14.0 Å². The van der Waals surface area contributed by atoms with Gasteiger partial charge in [-0.2, -0.15) is 16.7 Å². The van der Waals surface area contributed by atoms with Gasteiger partial charge in [-0.25, -0.2) is 4.98 Å². The van der Waals surface area contributed by atoms with Crippen LogP contribution in [-0.2, 0) is 0 Å². The molecule has 1 aliphatic carbocycles. The van der Waals surface area contributed by atoms with Gasteiger partial charge in [0.05, 0.1) is 4.92 Å². The highest BCUT2D eigenvalue weighted by molar-refractivity contribution is 7.99. The number of nitro groups is 1. The van der Waals surface area contributed by atoms with Crippen LogP contribution in [0.1, 0.15) is 31.4 Å². The Morgan fingerprint density at radius 1 is 1.29 bits per heavy atom. The minimum Gasteiger partial charge on any atom is -0.361 e. The quantitative estimate of drug-likeness (QED) is 0.638. The van der Waals surface area contributed by atoms with Gasteiger partial charge < -0.3 is 10.6 Å². The van der Waals surface area contributed by atoms with Crippen molar-refractivity contribution in [1.29, 1.82) is 0 Å². The van der Waals surface area contributed by atoms with Crippen molar-refractivity contribution in [2.24, 2.45) is 0 Å². The molecule has 1 aromatic rings. The first kappa shape index (κ1) is 15.8. The van der Waals surface area contributed by atoms with E-state index in [0.29, 0.717) is 22.7 Å². The molecule has 0 unspecified atom stereocenters. The summed E-state index contributed by atoms with van der Waals surface area (Å²) in [6.45, 7) is 1.64. The summed E-state index contributed by atoms with van der Waals surface area (Å²) in [7, 11) is 1.70. The number of nitrogens with zero attached hydrogens (tertiary/aromatic N) is 3. The number of rotatable bonds is 5. The average Bonchev–Trinajstić information content (AvgIpc) is 2.47. The lowest BCUT2D eigenvalue weighted by Crippen LogP contribution is -2.28. The molecule has 0 atom stereocenters. The molecule has 0 spiro atoms. The number of hydrogen-bond acceptors (Lipinski definition) is 7. The number of nitrogens with one attached hydrogen (secondary N) is 2. The second-order valence-electron chi connectivity index (χ2n) is 5.19. The normalized spacial score (nSPS) is 21.9. The summed E-state index contributed by atoms with van der Waals surface area (Å²) in [5.41, 5.74) is 0.348. The molecule has 1 fully saturated rings. The smallest absolute Gasteiger partial charge is 0.332 e. The standard InChI is InChI=1S/C13H21N5O2S/c1-8-11(18(19)20)12(17-13(14-2)15-8)16-9-4-6-10(21-3)7-5-9/h9-10H,4-7H2,1-3H3,(H2,14,15,16,17). The first-order valence-corrected chi connectivity index (χ1v) is 8.34. The van der Waals surface area contributed by atoms with E-state index in [1.165, 1.54) is 0 Å². The number of thioether (sulfide) groups is 1. The summed E-state index contributed by atoms with van der Waals surface area (Å²) in [5.74, 6) is 0.725. The Morgan fingerprint density at radius 3 is 2.48 bits per heavy atom. The molecular weight excluding hydrogens is 290 g/mol. The molecular formula is C13H21N5O2S. The fourth-order valence-corrected chi connectivity index (χ4v) is 3.38. The third-order valence-electron chi connectivity index (χ3n) is 3.81. The minimum atomic E-state index is -0.412. The third kappa shape index (κ3) is 3.75. The van der Waals surface area contributed by atoms with Crippen LogP contribution in [0.3, 0.4) is 0 Å². The van der Waals surface area contributed by atoms with Crippen molar-refractivity contribution in [3.05, 3.63) is 15.8 Å². The molecule has 0 radical (unpaired) electrons. The lowest BCUT2D eigenvalue weighted by molar-refractivity contribution is -0.385. The monoisotopic (exact) mass is 311 g/mol. The molecule has 0 saturated heterocycles. The third-order valence-corrected chi connectivity index (χ3v) is 4.95. The van der Waals surface area contributed by atoms with Gasteiger partial charge in [0.1, 0.15) is 5.69 Å². The largest absolute Gasteiger partial charge is 0.361 e. The van der Waals surface area contributed by atoms with Gasteiger partial charge in [0.2, 0.25) is 11.8 Å². The fourth-order valence-electron chi connectivity index (χ4n) is 2.63. The second kappa shape index (κ2) is 6.93. The molecule has 1 aromatic heterocycles. The van der Waals surface area contributed by atoms with Gasteiger partial charge in [-0.1, -0.05) is 0 Å². The van der Waals surface area contributed by atoms with E-state index < -0.39 is 4.92 Å². The van der Waals surface area contributed by atoms with E-state index in [0.717, 1.165) is 25.7 Å². The van der Waals surface area contributed by atoms with Crippen molar-refractivity contribution < 1.29 is 4.92 Å². The Balaban J connectivity index is 2.18. The van der Waals surface area contributed by atoms with Crippen molar-refractivity contribution in [2.75, 3.05) is 23.9 Å². The Hall–Kier alpha value is -1.57. The summed E-state index contributed by atoms with van der Waals surface area (Å²) in [5, 5.41) is 18.0. The van der Waals surface area contributed by atoms with Gasteiger partial charge >= 0.3 is 5.69 Å². The minimum absolute atomic E-state index is 0.0269. The second-order valence-corrected chi connectivity index (χ2v) is 6.33. The van der Waals surface area contributed by atoms with Crippen molar-refractivity contribution in [3.8, 4) is 0 Å². The molecule has 21 heavy (non-hydrogen) atoms. The Morgan fingerprint density at radius 2 is 1.95 bits per heavy atom. The number of anilines is 2. The van der Waals surface area contributed by atoms with Crippen molar-refractivity contribution >= 4 is 29.2 Å². The zero-order valence-electron chi connectivity index (χ0n) is 12.5. The van der Waals surface area contributed by atoms with Crippen molar-refractivity contribution in [3.63, 3.8) is 0 Å². The van der Waals surface area contributed by atoms with Crippen LogP contribution in [-0.4, -0.2) is 39.5 Å². The van der Waals surface area contributed by atoms with Gasteiger partial charge in [-0.3, -0.25) is 10.1 Å². The number of aryl methyl sites for hydroxylation is 1. The highest BCUT2D eigenvalue weighted by atomic mass is 32.2. The lowest BCUT2D eigenvalue weighted by atomic mass is 9.95. The molecule has 1 aliphatic rings. The van der Waals surface area contributed by atoms with Crippen LogP contribution in [0.4, 0.5) is 17.5 Å². The molecule has 116 valence electrons. The Labute approximate surface area is 128 Å². The molecule has 1 saturated carbocycles. The summed E-state index contributed by atoms with van der Waals surface area (Å²) in [6.07, 6.45) is 6.43. The molecule has 0 aromatic carbocycles. The van der Waals surface area contributed by atoms with Crippen LogP contribution in [0.15, 0.2) is 0 Å². The van der Waals surface area contributed by atoms with Gasteiger partial charge in [0.15, 0.2) is 0 Å². The predicted octanol–water partition coefficient (Wildman–Crippen LogP) is 2.82. The van der Waals surface area contributed by atoms with Gasteiger partial charge in [-0.15, -0.1) is 0 Å². The van der Waals surface area contributed by atoms with Crippen LogP contribution >= 0.6 is 11.8 Å². The molecule has 1 heterocycles. The van der Waals surface area contributed by atoms with E-state index in [2.05, 4.69) is 26.9 Å². The van der Waals surface area contributed by atoms with Crippen LogP contribution < -0.4 is 10.6 Å². The van der Waals surface area contributed by atoms with Crippen LogP contribution in [0, 0.1) is 17.0 Å². The maximum absolute atomic E-state index is 11.2. The first-order chi connectivity index (χ1) is 10.0. The average molecular weight is 311 g/mol. The molecule has 8 heteroatoms. The molecule has 2 rings (SSSR count). The zero-order valence-corrected chi connectivity index (χ0v) is 13.4. The van der Waals surface area contributed by atoms with Crippen molar-refractivity contribution in [2.45, 2.75) is 43.9 Å². The molecule has 0 aliphatic heterocycles. The van der Waals surface area contributed by atoms with E-state index >= 15 is 0 Å². The molecule has 0 bridgehead atoms. The SMILES string of the molecule is CNc1nc(C)c([N+](=O)[O-])c(NC2CCC(SC)CC2)n1. The fraction of sp³-hybridized carbons (Fsp3) is 0.692. The number of hydrogen-bond donors (Lipinski definition) is 2. The van der Waals surface area contributed by atoms with Crippen molar-refractivity contribution in [1.82, 2.24) is 9.97 Å². The van der Waals surface area contributed by atoms with E-state index in [9.17, 15) is 10.1 Å². The maximum atomic E-state index is 11.2. The number of aromatic nitrogens is 2. The molecule has 7 nitrogen and oxygen atoms in total. The maximum Gasteiger partial charge on any atom is 0.332 e. The zero-order chi connectivity index (χ0) is 15.4. The van der Waals surface area contributed by atoms with Crippen LogP contribution in [0.2, 0.25) is 0 Å². The summed E-state index contributed by atoms with van der Waals surface area (Å²) >= 11 is 1.90. The van der Waals surface area contributed by atoms with E-state index in [4.69, 9.17) is 0 Å². The summed E-state index contributed by atoms with van der Waals surface area (Å²) in [6, 6.07) is 0.242. The van der Waals surface area contributed by atoms with Gasteiger partial charge in [0.25, 0.3) is 0 Å². The first-order valence-electron chi connectivity index (χ1n) is 7.05. The van der Waals surface area contributed by atoms with E-state index in [1.807, 2.05) is 11.8 Å². The summed E-state index contributed by atoms with van der Waals surface area (Å²) < 4.78 is 0. The highest BCUT2D eigenvalue weighted by Gasteiger charge is 2.26. The molecule has 2 N–H and O–H groups in total. The predicted molar refractivity (Wildman–Crippen MR) is 86.2 cm³/mol. The highest BCUT2D eigenvalue weighted by Crippen LogP contribution is 2.32. The van der Waals surface area contributed by atoms with Crippen LogP contribution in [0.5, 0.6) is 0 Å².